The second-order valence-electron chi connectivity index (χ2n) is 1.70. The van der Waals surface area contributed by atoms with Crippen LogP contribution in [0.15, 0.2) is 12.1 Å². The molecule has 0 unspecified atom stereocenters. The monoisotopic (exact) mass is 179 g/mol. The Balaban J connectivity index is 3.28. The standard InChI is InChI=1S/C6H2Cl2FO/c7-3-1-5(9)6(10)2-4(3)8/h1-2H. The number of rotatable bonds is 0. The lowest BCUT2D eigenvalue weighted by atomic mass is 10.3. The quantitative estimate of drug-likeness (QED) is 0.546. The van der Waals surface area contributed by atoms with Crippen molar-refractivity contribution in [3.63, 3.8) is 0 Å². The molecular formula is C6H2Cl2FO. The van der Waals surface area contributed by atoms with Crippen LogP contribution in [-0.4, -0.2) is 0 Å². The molecule has 1 aromatic rings. The maximum atomic E-state index is 12.3. The summed E-state index contributed by atoms with van der Waals surface area (Å²) in [7, 11) is 0. The van der Waals surface area contributed by atoms with E-state index in [1.165, 1.54) is 0 Å². The van der Waals surface area contributed by atoms with E-state index in [0.29, 0.717) is 0 Å². The van der Waals surface area contributed by atoms with Crippen molar-refractivity contribution in [2.75, 3.05) is 0 Å². The van der Waals surface area contributed by atoms with Gasteiger partial charge >= 0.3 is 0 Å². The van der Waals surface area contributed by atoms with Crippen molar-refractivity contribution >= 4 is 23.2 Å². The minimum atomic E-state index is -0.880. The highest BCUT2D eigenvalue weighted by atomic mass is 35.5. The van der Waals surface area contributed by atoms with Gasteiger partial charge in [-0.3, -0.25) is 5.11 Å². The van der Waals surface area contributed by atoms with Crippen molar-refractivity contribution in [2.45, 2.75) is 0 Å². The zero-order chi connectivity index (χ0) is 7.72. The van der Waals surface area contributed by atoms with Crippen LogP contribution in [0.2, 0.25) is 10.0 Å². The van der Waals surface area contributed by atoms with Gasteiger partial charge in [0.05, 0.1) is 10.0 Å². The highest BCUT2D eigenvalue weighted by Gasteiger charge is 2.06. The first-order valence-electron chi connectivity index (χ1n) is 2.43. The van der Waals surface area contributed by atoms with Crippen LogP contribution in [-0.2, 0) is 5.11 Å². The van der Waals surface area contributed by atoms with Crippen LogP contribution in [0.5, 0.6) is 5.75 Å². The lowest BCUT2D eigenvalue weighted by Gasteiger charge is -1.94. The van der Waals surface area contributed by atoms with E-state index < -0.39 is 11.6 Å². The van der Waals surface area contributed by atoms with Crippen LogP contribution >= 0.6 is 23.2 Å². The van der Waals surface area contributed by atoms with Gasteiger partial charge in [0.25, 0.3) is 0 Å². The van der Waals surface area contributed by atoms with Crippen molar-refractivity contribution in [3.05, 3.63) is 28.0 Å². The highest BCUT2D eigenvalue weighted by molar-refractivity contribution is 6.42. The van der Waals surface area contributed by atoms with Crippen molar-refractivity contribution < 1.29 is 9.50 Å². The van der Waals surface area contributed by atoms with E-state index in [2.05, 4.69) is 0 Å². The molecule has 0 fully saturated rings. The van der Waals surface area contributed by atoms with Crippen molar-refractivity contribution in [1.82, 2.24) is 0 Å². The van der Waals surface area contributed by atoms with Crippen LogP contribution < -0.4 is 0 Å². The largest absolute Gasteiger partial charge is 0.287 e. The summed E-state index contributed by atoms with van der Waals surface area (Å²) in [6, 6.07) is 1.84. The summed E-state index contributed by atoms with van der Waals surface area (Å²) in [5, 5.41) is 10.6. The first-order valence-corrected chi connectivity index (χ1v) is 3.18. The molecule has 1 rings (SSSR count). The molecule has 0 bridgehead atoms. The maximum Gasteiger partial charge on any atom is 0.215 e. The Morgan fingerprint density at radius 3 is 2.20 bits per heavy atom. The van der Waals surface area contributed by atoms with Gasteiger partial charge in [0.2, 0.25) is 5.75 Å². The maximum absolute atomic E-state index is 12.3. The zero-order valence-electron chi connectivity index (χ0n) is 4.70. The van der Waals surface area contributed by atoms with E-state index in [4.69, 9.17) is 23.2 Å². The number of halogens is 3. The fourth-order valence-electron chi connectivity index (χ4n) is 0.504. The molecule has 0 amide bonds. The average molecular weight is 180 g/mol. The molecule has 0 aliphatic carbocycles. The third-order valence-corrected chi connectivity index (χ3v) is 1.70. The summed E-state index contributed by atoms with van der Waals surface area (Å²) in [4.78, 5) is 0. The van der Waals surface area contributed by atoms with Gasteiger partial charge in [-0.2, -0.15) is 0 Å². The Morgan fingerprint density at radius 2 is 1.70 bits per heavy atom. The summed E-state index contributed by atoms with van der Waals surface area (Å²) in [5.74, 6) is -1.62. The molecule has 4 heteroatoms. The smallest absolute Gasteiger partial charge is 0.215 e. The molecule has 53 valence electrons. The number of benzene rings is 1. The van der Waals surface area contributed by atoms with Crippen LogP contribution in [0, 0.1) is 5.82 Å². The van der Waals surface area contributed by atoms with Gasteiger partial charge in [0.1, 0.15) is 0 Å². The molecule has 1 nitrogen and oxygen atoms in total. The summed E-state index contributed by atoms with van der Waals surface area (Å²) < 4.78 is 12.3. The van der Waals surface area contributed by atoms with E-state index in [9.17, 15) is 9.50 Å². The highest BCUT2D eigenvalue weighted by Crippen LogP contribution is 2.28. The summed E-state index contributed by atoms with van der Waals surface area (Å²) in [6.45, 7) is 0. The van der Waals surface area contributed by atoms with Gasteiger partial charge in [0.15, 0.2) is 5.82 Å². The van der Waals surface area contributed by atoms with E-state index >= 15 is 0 Å². The summed E-state index contributed by atoms with van der Waals surface area (Å²) in [5.41, 5.74) is 0. The van der Waals surface area contributed by atoms with Gasteiger partial charge in [-0.25, -0.2) is 4.39 Å². The molecule has 1 aromatic carbocycles. The SMILES string of the molecule is [O]c1cc(Cl)c(Cl)cc1F. The summed E-state index contributed by atoms with van der Waals surface area (Å²) in [6.07, 6.45) is 0. The molecular weight excluding hydrogens is 178 g/mol. The molecule has 0 aromatic heterocycles. The molecule has 10 heavy (non-hydrogen) atoms. The zero-order valence-corrected chi connectivity index (χ0v) is 6.21. The first-order chi connectivity index (χ1) is 4.61. The molecule has 0 aliphatic rings. The fraction of sp³-hybridized carbons (Fsp3) is 0. The minimum Gasteiger partial charge on any atom is -0.287 e. The summed E-state index contributed by atoms with van der Waals surface area (Å²) >= 11 is 10.8. The Hall–Kier alpha value is -0.470. The average Bonchev–Trinajstić information content (AvgIpc) is 1.84. The third-order valence-electron chi connectivity index (χ3n) is 0.975. The van der Waals surface area contributed by atoms with Crippen molar-refractivity contribution in [2.24, 2.45) is 0 Å². The van der Waals surface area contributed by atoms with Gasteiger partial charge < -0.3 is 0 Å². The van der Waals surface area contributed by atoms with Crippen LogP contribution in [0.4, 0.5) is 4.39 Å². The molecule has 0 atom stereocenters. The Kier molecular flexibility index (Phi) is 2.02. The fourth-order valence-corrected chi connectivity index (χ4v) is 0.808. The third kappa shape index (κ3) is 1.33. The normalized spacial score (nSPS) is 9.90. The van der Waals surface area contributed by atoms with E-state index in [0.717, 1.165) is 12.1 Å². The lowest BCUT2D eigenvalue weighted by Crippen LogP contribution is -1.75. The van der Waals surface area contributed by atoms with E-state index in [-0.39, 0.29) is 10.0 Å². The topological polar surface area (TPSA) is 19.9 Å². The van der Waals surface area contributed by atoms with Gasteiger partial charge in [-0.15, -0.1) is 0 Å². The van der Waals surface area contributed by atoms with E-state index in [1.807, 2.05) is 0 Å². The Morgan fingerprint density at radius 1 is 1.20 bits per heavy atom. The molecule has 0 saturated carbocycles. The number of hydrogen-bond donors (Lipinski definition) is 0. The molecule has 0 N–H and O–H groups in total. The predicted octanol–water partition coefficient (Wildman–Crippen LogP) is 3.28. The Bertz CT molecular complexity index is 212. The molecule has 1 radical (unpaired) electrons. The van der Waals surface area contributed by atoms with Crippen LogP contribution in [0.3, 0.4) is 0 Å². The van der Waals surface area contributed by atoms with Gasteiger partial charge in [0, 0.05) is 6.07 Å². The second-order valence-corrected chi connectivity index (χ2v) is 2.51. The van der Waals surface area contributed by atoms with Gasteiger partial charge in [-0.1, -0.05) is 23.2 Å². The Labute approximate surface area is 67.0 Å². The second kappa shape index (κ2) is 2.64. The molecule has 0 saturated heterocycles. The molecule has 0 spiro atoms. The predicted molar refractivity (Wildman–Crippen MR) is 36.6 cm³/mol. The minimum absolute atomic E-state index is 0.0544. The number of hydrogen-bond acceptors (Lipinski definition) is 0. The first kappa shape index (κ1) is 7.63. The van der Waals surface area contributed by atoms with Gasteiger partial charge in [-0.05, 0) is 6.07 Å². The molecule has 0 aliphatic heterocycles. The van der Waals surface area contributed by atoms with Crippen molar-refractivity contribution in [3.8, 4) is 5.75 Å². The lowest BCUT2D eigenvalue weighted by molar-refractivity contribution is 0.330. The van der Waals surface area contributed by atoms with Crippen LogP contribution in [0.1, 0.15) is 0 Å². The van der Waals surface area contributed by atoms with E-state index in [1.54, 1.807) is 0 Å². The van der Waals surface area contributed by atoms with Crippen LogP contribution in [0.25, 0.3) is 0 Å². The molecule has 0 heterocycles. The van der Waals surface area contributed by atoms with Crippen molar-refractivity contribution in [1.29, 1.82) is 0 Å².